The lowest BCUT2D eigenvalue weighted by molar-refractivity contribution is -0.274. The first kappa shape index (κ1) is 19.4. The molecule has 1 fully saturated rings. The van der Waals surface area contributed by atoms with E-state index < -0.39 is 6.36 Å². The molecule has 1 aliphatic heterocycles. The predicted octanol–water partition coefficient (Wildman–Crippen LogP) is 4.74. The van der Waals surface area contributed by atoms with Gasteiger partial charge in [0, 0.05) is 12.2 Å². The molecule has 0 aliphatic carbocycles. The molecule has 0 saturated carbocycles. The quantitative estimate of drug-likeness (QED) is 0.758. The number of alkyl halides is 3. The average Bonchev–Trinajstić information content (AvgIpc) is 2.62. The Morgan fingerprint density at radius 1 is 1.11 bits per heavy atom. The van der Waals surface area contributed by atoms with Crippen LogP contribution in [0.5, 0.6) is 5.75 Å². The van der Waals surface area contributed by atoms with Crippen LogP contribution in [0.25, 0.3) is 0 Å². The first-order valence-electron chi connectivity index (χ1n) is 8.42. The van der Waals surface area contributed by atoms with Gasteiger partial charge in [-0.2, -0.15) is 0 Å². The molecule has 8 heteroatoms. The summed E-state index contributed by atoms with van der Waals surface area (Å²) in [6.07, 6.45) is -4.82. The van der Waals surface area contributed by atoms with Gasteiger partial charge >= 0.3 is 6.36 Å². The Balaban J connectivity index is 1.63. The van der Waals surface area contributed by atoms with Crippen molar-refractivity contribution in [1.82, 2.24) is 4.90 Å². The fourth-order valence-corrected chi connectivity index (χ4v) is 3.18. The number of morpholine rings is 1. The van der Waals surface area contributed by atoms with E-state index in [4.69, 9.17) is 17.0 Å². The zero-order valence-corrected chi connectivity index (χ0v) is 15.4. The Hall–Kier alpha value is -2.32. The maximum atomic E-state index is 12.2. The highest BCUT2D eigenvalue weighted by molar-refractivity contribution is 7.80. The second-order valence-corrected chi connectivity index (χ2v) is 6.64. The SMILES string of the molecule is CC1CN(C(=S)Nc2ccc(OC(F)(F)F)cc2)CC(c2ccccc2)O1. The number of nitrogens with one attached hydrogen (secondary N) is 1. The van der Waals surface area contributed by atoms with Gasteiger partial charge in [-0.3, -0.25) is 0 Å². The molecule has 1 heterocycles. The topological polar surface area (TPSA) is 33.7 Å². The Morgan fingerprint density at radius 3 is 2.41 bits per heavy atom. The van der Waals surface area contributed by atoms with Crippen molar-refractivity contribution in [2.75, 3.05) is 18.4 Å². The summed E-state index contributed by atoms with van der Waals surface area (Å²) in [6, 6.07) is 15.4. The first-order chi connectivity index (χ1) is 12.8. The molecule has 3 rings (SSSR count). The zero-order chi connectivity index (χ0) is 19.4. The van der Waals surface area contributed by atoms with E-state index >= 15 is 0 Å². The van der Waals surface area contributed by atoms with Crippen molar-refractivity contribution in [2.24, 2.45) is 0 Å². The first-order valence-corrected chi connectivity index (χ1v) is 8.83. The molecule has 2 unspecified atom stereocenters. The summed E-state index contributed by atoms with van der Waals surface area (Å²) in [7, 11) is 0. The van der Waals surface area contributed by atoms with Gasteiger partial charge in [0.2, 0.25) is 0 Å². The van der Waals surface area contributed by atoms with E-state index in [0.717, 1.165) is 5.56 Å². The summed E-state index contributed by atoms with van der Waals surface area (Å²) in [5, 5.41) is 3.56. The fraction of sp³-hybridized carbons (Fsp3) is 0.316. The summed E-state index contributed by atoms with van der Waals surface area (Å²) >= 11 is 5.48. The van der Waals surface area contributed by atoms with Crippen molar-refractivity contribution < 1.29 is 22.6 Å². The Morgan fingerprint density at radius 2 is 1.78 bits per heavy atom. The van der Waals surface area contributed by atoms with Crippen LogP contribution in [0.15, 0.2) is 54.6 Å². The molecule has 1 N–H and O–H groups in total. The molecule has 0 spiro atoms. The zero-order valence-electron chi connectivity index (χ0n) is 14.6. The van der Waals surface area contributed by atoms with Crippen molar-refractivity contribution in [2.45, 2.75) is 25.5 Å². The van der Waals surface area contributed by atoms with Crippen LogP contribution < -0.4 is 10.1 Å². The molecule has 27 heavy (non-hydrogen) atoms. The third-order valence-electron chi connectivity index (χ3n) is 4.06. The van der Waals surface area contributed by atoms with Gasteiger partial charge in [-0.1, -0.05) is 30.3 Å². The number of hydrogen-bond donors (Lipinski definition) is 1. The predicted molar refractivity (Wildman–Crippen MR) is 101 cm³/mol. The van der Waals surface area contributed by atoms with Gasteiger partial charge in [0.1, 0.15) is 11.9 Å². The molecule has 0 aromatic heterocycles. The van der Waals surface area contributed by atoms with Crippen LogP contribution >= 0.6 is 12.2 Å². The van der Waals surface area contributed by atoms with Gasteiger partial charge < -0.3 is 19.7 Å². The molecule has 0 amide bonds. The van der Waals surface area contributed by atoms with E-state index in [0.29, 0.717) is 23.9 Å². The van der Waals surface area contributed by atoms with Crippen LogP contribution in [-0.2, 0) is 4.74 Å². The lowest BCUT2D eigenvalue weighted by Crippen LogP contribution is -2.47. The molecule has 1 aliphatic rings. The number of hydrogen-bond acceptors (Lipinski definition) is 3. The fourth-order valence-electron chi connectivity index (χ4n) is 2.91. The smallest absolute Gasteiger partial charge is 0.406 e. The maximum absolute atomic E-state index is 12.2. The number of nitrogens with zero attached hydrogens (tertiary/aromatic N) is 1. The van der Waals surface area contributed by atoms with Crippen LogP contribution in [0, 0.1) is 0 Å². The normalized spacial score (nSPS) is 20.2. The van der Waals surface area contributed by atoms with Crippen LogP contribution in [0.3, 0.4) is 0 Å². The standard InChI is InChI=1S/C19H19F3N2O2S/c1-13-11-24(12-17(25-13)14-5-3-2-4-6-14)18(27)23-15-7-9-16(10-8-15)26-19(20,21)22/h2-10,13,17H,11-12H2,1H3,(H,23,27). The number of rotatable bonds is 3. The second kappa shape index (κ2) is 8.14. The number of halogens is 3. The maximum Gasteiger partial charge on any atom is 0.573 e. The Labute approximate surface area is 160 Å². The molecule has 144 valence electrons. The molecule has 0 radical (unpaired) electrons. The van der Waals surface area contributed by atoms with E-state index in [9.17, 15) is 13.2 Å². The summed E-state index contributed by atoms with van der Waals surface area (Å²) in [6.45, 7) is 3.20. The van der Waals surface area contributed by atoms with Crippen LogP contribution in [0.2, 0.25) is 0 Å². The van der Waals surface area contributed by atoms with E-state index in [2.05, 4.69) is 10.1 Å². The van der Waals surface area contributed by atoms with E-state index in [1.165, 1.54) is 24.3 Å². The third-order valence-corrected chi connectivity index (χ3v) is 4.42. The molecule has 2 aromatic rings. The van der Waals surface area contributed by atoms with Gasteiger partial charge in [0.05, 0.1) is 12.6 Å². The third kappa shape index (κ3) is 5.58. The van der Waals surface area contributed by atoms with E-state index in [1.54, 1.807) is 0 Å². The number of anilines is 1. The van der Waals surface area contributed by atoms with Crippen LogP contribution in [-0.4, -0.2) is 35.6 Å². The molecule has 1 saturated heterocycles. The largest absolute Gasteiger partial charge is 0.573 e. The Bertz CT molecular complexity index is 769. The number of benzene rings is 2. The summed E-state index contributed by atoms with van der Waals surface area (Å²) in [5.41, 5.74) is 1.66. The van der Waals surface area contributed by atoms with Gasteiger partial charge in [-0.25, -0.2) is 0 Å². The molecule has 0 bridgehead atoms. The minimum atomic E-state index is -4.71. The molecule has 2 atom stereocenters. The van der Waals surface area contributed by atoms with Crippen LogP contribution in [0.4, 0.5) is 18.9 Å². The highest BCUT2D eigenvalue weighted by Gasteiger charge is 2.31. The highest BCUT2D eigenvalue weighted by Crippen LogP contribution is 2.27. The minimum absolute atomic E-state index is 0.00809. The molecular weight excluding hydrogens is 377 g/mol. The van der Waals surface area contributed by atoms with Crippen molar-refractivity contribution in [3.63, 3.8) is 0 Å². The van der Waals surface area contributed by atoms with Gasteiger partial charge in [-0.15, -0.1) is 13.2 Å². The van der Waals surface area contributed by atoms with Gasteiger partial charge in [0.15, 0.2) is 5.11 Å². The average molecular weight is 396 g/mol. The molecule has 4 nitrogen and oxygen atoms in total. The lowest BCUT2D eigenvalue weighted by Gasteiger charge is -2.38. The summed E-state index contributed by atoms with van der Waals surface area (Å²) in [4.78, 5) is 2.00. The van der Waals surface area contributed by atoms with E-state index in [1.807, 2.05) is 42.2 Å². The molecular formula is C19H19F3N2O2S. The van der Waals surface area contributed by atoms with Crippen molar-refractivity contribution in [3.05, 3.63) is 60.2 Å². The van der Waals surface area contributed by atoms with E-state index in [-0.39, 0.29) is 18.0 Å². The molecule has 2 aromatic carbocycles. The lowest BCUT2D eigenvalue weighted by atomic mass is 10.1. The second-order valence-electron chi connectivity index (χ2n) is 6.25. The number of thiocarbonyl (C=S) groups is 1. The van der Waals surface area contributed by atoms with Crippen LogP contribution in [0.1, 0.15) is 18.6 Å². The Kier molecular flexibility index (Phi) is 5.86. The van der Waals surface area contributed by atoms with Crippen molar-refractivity contribution in [1.29, 1.82) is 0 Å². The summed E-state index contributed by atoms with van der Waals surface area (Å²) < 4.78 is 46.6. The summed E-state index contributed by atoms with van der Waals surface area (Å²) in [5.74, 6) is -0.275. The highest BCUT2D eigenvalue weighted by atomic mass is 32.1. The monoisotopic (exact) mass is 396 g/mol. The van der Waals surface area contributed by atoms with Crippen molar-refractivity contribution >= 4 is 23.0 Å². The van der Waals surface area contributed by atoms with Gasteiger partial charge in [-0.05, 0) is 49.0 Å². The van der Waals surface area contributed by atoms with Gasteiger partial charge in [0.25, 0.3) is 0 Å². The number of ether oxygens (including phenoxy) is 2. The van der Waals surface area contributed by atoms with Crippen molar-refractivity contribution in [3.8, 4) is 5.75 Å². The minimum Gasteiger partial charge on any atom is -0.406 e.